The van der Waals surface area contributed by atoms with Crippen molar-refractivity contribution in [3.8, 4) is 11.5 Å². The highest BCUT2D eigenvalue weighted by atomic mass is 16.6. The second-order valence-corrected chi connectivity index (χ2v) is 6.11. The molecule has 1 fully saturated rings. The van der Waals surface area contributed by atoms with Crippen LogP contribution in [0.25, 0.3) is 0 Å². The van der Waals surface area contributed by atoms with Crippen molar-refractivity contribution in [2.75, 3.05) is 12.0 Å². The monoisotopic (exact) mass is 393 g/mol. The average molecular weight is 393 g/mol. The molecule has 7 heteroatoms. The Bertz CT molecular complexity index is 948. The lowest BCUT2D eigenvalue weighted by atomic mass is 9.89. The van der Waals surface area contributed by atoms with Gasteiger partial charge >= 0.3 is 11.9 Å². The van der Waals surface area contributed by atoms with E-state index in [4.69, 9.17) is 14.2 Å². The Morgan fingerprint density at radius 1 is 0.931 bits per heavy atom. The van der Waals surface area contributed by atoms with E-state index in [9.17, 15) is 14.4 Å². The lowest BCUT2D eigenvalue weighted by molar-refractivity contribution is -0.158. The summed E-state index contributed by atoms with van der Waals surface area (Å²) in [7, 11) is 1.55. The van der Waals surface area contributed by atoms with Crippen LogP contribution in [-0.2, 0) is 19.1 Å². The third-order valence-electron chi connectivity index (χ3n) is 4.41. The molecular formula is C22H19NO6. The molecule has 1 saturated heterocycles. The number of carbonyl (C=O) groups is 3. The first-order valence-electron chi connectivity index (χ1n) is 8.73. The molecule has 2 aromatic rings. The molecule has 29 heavy (non-hydrogen) atoms. The van der Waals surface area contributed by atoms with E-state index in [0.29, 0.717) is 22.7 Å². The van der Waals surface area contributed by atoms with Gasteiger partial charge in [-0.25, -0.2) is 9.59 Å². The maximum Gasteiger partial charge on any atom is 0.335 e. The Kier molecular flexibility index (Phi) is 5.78. The van der Waals surface area contributed by atoms with Crippen molar-refractivity contribution in [1.29, 1.82) is 0 Å². The van der Waals surface area contributed by atoms with Crippen molar-refractivity contribution in [3.63, 3.8) is 0 Å². The molecule has 0 aromatic heterocycles. The minimum Gasteiger partial charge on any atom is -0.497 e. The zero-order valence-corrected chi connectivity index (χ0v) is 15.7. The zero-order chi connectivity index (χ0) is 21.0. The maximum atomic E-state index is 12.7. The van der Waals surface area contributed by atoms with Gasteiger partial charge in [0, 0.05) is 17.8 Å². The van der Waals surface area contributed by atoms with Gasteiger partial charge in [0.1, 0.15) is 17.5 Å². The summed E-state index contributed by atoms with van der Waals surface area (Å²) < 4.78 is 15.5. The number of hydrogen-bond acceptors (Lipinski definition) is 6. The SMILES string of the molecule is C=CC(=O)Oc1ccc([C@H]2[C@@H](OC(=O)C=C)C(=O)N2c2ccc(OC)cc2)cc1. The van der Waals surface area contributed by atoms with Crippen molar-refractivity contribution in [2.45, 2.75) is 12.1 Å². The first-order valence-corrected chi connectivity index (χ1v) is 8.73. The molecule has 1 aliphatic heterocycles. The summed E-state index contributed by atoms with van der Waals surface area (Å²) in [6.45, 7) is 6.72. The lowest BCUT2D eigenvalue weighted by Gasteiger charge is -2.46. The molecule has 0 spiro atoms. The number of hydrogen-bond donors (Lipinski definition) is 0. The predicted molar refractivity (Wildman–Crippen MR) is 106 cm³/mol. The minimum atomic E-state index is -0.982. The Balaban J connectivity index is 1.90. The van der Waals surface area contributed by atoms with Gasteiger partial charge in [0.2, 0.25) is 6.10 Å². The van der Waals surface area contributed by atoms with Gasteiger partial charge in [0.15, 0.2) is 0 Å². The summed E-state index contributed by atoms with van der Waals surface area (Å²) in [6.07, 6.45) is 1.09. The van der Waals surface area contributed by atoms with E-state index in [2.05, 4.69) is 13.2 Å². The first-order chi connectivity index (χ1) is 14.0. The fourth-order valence-electron chi connectivity index (χ4n) is 3.00. The van der Waals surface area contributed by atoms with Crippen LogP contribution in [0.2, 0.25) is 0 Å². The van der Waals surface area contributed by atoms with Gasteiger partial charge in [0.25, 0.3) is 5.91 Å². The third kappa shape index (κ3) is 4.03. The summed E-state index contributed by atoms with van der Waals surface area (Å²) in [5, 5.41) is 0. The van der Waals surface area contributed by atoms with E-state index in [1.165, 1.54) is 4.90 Å². The molecule has 1 heterocycles. The highest BCUT2D eigenvalue weighted by Crippen LogP contribution is 2.41. The fraction of sp³-hybridized carbons (Fsp3) is 0.136. The molecule has 2 atom stereocenters. The van der Waals surface area contributed by atoms with Crippen molar-refractivity contribution >= 4 is 23.5 Å². The van der Waals surface area contributed by atoms with E-state index in [-0.39, 0.29) is 5.91 Å². The largest absolute Gasteiger partial charge is 0.497 e. The van der Waals surface area contributed by atoms with Crippen LogP contribution in [0.3, 0.4) is 0 Å². The normalized spacial score (nSPS) is 17.7. The van der Waals surface area contributed by atoms with E-state index in [1.54, 1.807) is 55.6 Å². The van der Waals surface area contributed by atoms with Crippen molar-refractivity contribution in [2.24, 2.45) is 0 Å². The molecule has 0 bridgehead atoms. The van der Waals surface area contributed by atoms with Crippen LogP contribution >= 0.6 is 0 Å². The van der Waals surface area contributed by atoms with Crippen LogP contribution in [0.4, 0.5) is 5.69 Å². The van der Waals surface area contributed by atoms with Crippen LogP contribution in [0.1, 0.15) is 11.6 Å². The number of benzene rings is 2. The summed E-state index contributed by atoms with van der Waals surface area (Å²) in [4.78, 5) is 37.3. The van der Waals surface area contributed by atoms with Crippen molar-refractivity contribution in [3.05, 3.63) is 79.4 Å². The van der Waals surface area contributed by atoms with Gasteiger partial charge in [-0.1, -0.05) is 25.3 Å². The topological polar surface area (TPSA) is 82.1 Å². The predicted octanol–water partition coefficient (Wildman–Crippen LogP) is 2.97. The van der Waals surface area contributed by atoms with Crippen LogP contribution in [0.5, 0.6) is 11.5 Å². The van der Waals surface area contributed by atoms with Gasteiger partial charge < -0.3 is 14.2 Å². The molecule has 3 rings (SSSR count). The van der Waals surface area contributed by atoms with Gasteiger partial charge in [-0.05, 0) is 42.0 Å². The highest BCUT2D eigenvalue weighted by molar-refractivity contribution is 6.06. The standard InChI is InChI=1S/C22H19NO6/c1-4-18(24)28-17-10-6-14(7-11-17)20-21(29-19(25)5-2)22(26)23(20)15-8-12-16(27-3)13-9-15/h4-13,20-21H,1-2H2,3H3/t20-,21+/m0/s1. The molecule has 7 nitrogen and oxygen atoms in total. The highest BCUT2D eigenvalue weighted by Gasteiger charge is 2.51. The summed E-state index contributed by atoms with van der Waals surface area (Å²) in [6, 6.07) is 13.0. The lowest BCUT2D eigenvalue weighted by Crippen LogP contribution is -2.60. The molecule has 148 valence electrons. The average Bonchev–Trinajstić information content (AvgIpc) is 2.76. The number of carbonyl (C=O) groups excluding carboxylic acids is 3. The molecule has 1 amide bonds. The van der Waals surface area contributed by atoms with Crippen LogP contribution in [-0.4, -0.2) is 31.1 Å². The molecule has 0 aliphatic carbocycles. The molecule has 0 N–H and O–H groups in total. The number of methoxy groups -OCH3 is 1. The van der Waals surface area contributed by atoms with Crippen LogP contribution in [0.15, 0.2) is 73.8 Å². The number of amides is 1. The molecule has 0 unspecified atom stereocenters. The second-order valence-electron chi connectivity index (χ2n) is 6.11. The number of β-lactam (4-membered cyclic amide) rings is 1. The molecule has 2 aromatic carbocycles. The van der Waals surface area contributed by atoms with Gasteiger partial charge in [-0.3, -0.25) is 9.69 Å². The van der Waals surface area contributed by atoms with Gasteiger partial charge in [-0.15, -0.1) is 0 Å². The van der Waals surface area contributed by atoms with Crippen LogP contribution < -0.4 is 14.4 Å². The van der Waals surface area contributed by atoms with E-state index in [1.807, 2.05) is 0 Å². The Labute approximate surface area is 167 Å². The molecular weight excluding hydrogens is 374 g/mol. The zero-order valence-electron chi connectivity index (χ0n) is 15.7. The quantitative estimate of drug-likeness (QED) is 0.311. The summed E-state index contributed by atoms with van der Waals surface area (Å²) >= 11 is 0. The van der Waals surface area contributed by atoms with E-state index < -0.39 is 24.1 Å². The first kappa shape index (κ1) is 19.9. The molecule has 0 radical (unpaired) electrons. The van der Waals surface area contributed by atoms with Crippen LogP contribution in [0, 0.1) is 0 Å². The second kappa shape index (κ2) is 8.43. The van der Waals surface area contributed by atoms with E-state index >= 15 is 0 Å². The Morgan fingerprint density at radius 2 is 1.52 bits per heavy atom. The number of anilines is 1. The Morgan fingerprint density at radius 3 is 2.07 bits per heavy atom. The Hall–Kier alpha value is -3.87. The van der Waals surface area contributed by atoms with Gasteiger partial charge in [-0.2, -0.15) is 0 Å². The minimum absolute atomic E-state index is 0.333. The van der Waals surface area contributed by atoms with Gasteiger partial charge in [0.05, 0.1) is 7.11 Å². The van der Waals surface area contributed by atoms with E-state index in [0.717, 1.165) is 12.2 Å². The van der Waals surface area contributed by atoms with Crippen molar-refractivity contribution < 1.29 is 28.6 Å². The maximum absolute atomic E-state index is 12.7. The number of nitrogens with zero attached hydrogens (tertiary/aromatic N) is 1. The summed E-state index contributed by atoms with van der Waals surface area (Å²) in [5.41, 5.74) is 1.34. The molecule has 0 saturated carbocycles. The third-order valence-corrected chi connectivity index (χ3v) is 4.41. The smallest absolute Gasteiger partial charge is 0.335 e. The molecule has 1 aliphatic rings. The number of esters is 2. The summed E-state index contributed by atoms with van der Waals surface area (Å²) in [5.74, 6) is -0.618. The number of rotatable bonds is 7. The van der Waals surface area contributed by atoms with Crippen molar-refractivity contribution in [1.82, 2.24) is 0 Å². The fourth-order valence-corrected chi connectivity index (χ4v) is 3.00. The number of ether oxygens (including phenoxy) is 3.